The van der Waals surface area contributed by atoms with Crippen molar-refractivity contribution in [1.82, 2.24) is 20.4 Å². The third-order valence-electron chi connectivity index (χ3n) is 5.10. The van der Waals surface area contributed by atoms with Gasteiger partial charge in [0.25, 0.3) is 5.91 Å². The first-order valence-electron chi connectivity index (χ1n) is 8.98. The van der Waals surface area contributed by atoms with Gasteiger partial charge >= 0.3 is 0 Å². The van der Waals surface area contributed by atoms with Crippen molar-refractivity contribution in [2.45, 2.75) is 32.1 Å². The summed E-state index contributed by atoms with van der Waals surface area (Å²) in [6.45, 7) is 2.83. The second-order valence-corrected chi connectivity index (χ2v) is 6.80. The lowest BCUT2D eigenvalue weighted by Crippen LogP contribution is -2.38. The highest BCUT2D eigenvalue weighted by Crippen LogP contribution is 2.27. The number of carbonyl (C=O) groups is 1. The van der Waals surface area contributed by atoms with E-state index in [9.17, 15) is 4.79 Å². The third-order valence-corrected chi connectivity index (χ3v) is 5.10. The van der Waals surface area contributed by atoms with Gasteiger partial charge in [-0.05, 0) is 63.2 Å². The van der Waals surface area contributed by atoms with Gasteiger partial charge in [-0.25, -0.2) is 4.68 Å². The molecule has 0 saturated carbocycles. The van der Waals surface area contributed by atoms with Crippen molar-refractivity contribution in [3.8, 4) is 5.69 Å². The number of para-hydroxylation sites is 1. The zero-order valence-electron chi connectivity index (χ0n) is 14.3. The number of benzene rings is 1. The Morgan fingerprint density at radius 3 is 2.84 bits per heavy atom. The van der Waals surface area contributed by atoms with Gasteiger partial charge in [0.15, 0.2) is 5.69 Å². The van der Waals surface area contributed by atoms with Crippen LogP contribution in [0.5, 0.6) is 0 Å². The zero-order valence-corrected chi connectivity index (χ0v) is 15.1. The topological polar surface area (TPSA) is 59.0 Å². The lowest BCUT2D eigenvalue weighted by atomic mass is 10.00. The zero-order chi connectivity index (χ0) is 16.4. The maximum atomic E-state index is 12.7. The number of piperidine rings is 1. The Hall–Kier alpha value is -1.85. The number of carbonyl (C=O) groups excluding carboxylic acids is 1. The molecule has 1 atom stereocenters. The van der Waals surface area contributed by atoms with Crippen LogP contribution in [0.4, 0.5) is 0 Å². The molecular formula is C19H25ClN4O. The summed E-state index contributed by atoms with van der Waals surface area (Å²) in [5.41, 5.74) is 3.99. The maximum Gasteiger partial charge on any atom is 0.272 e. The van der Waals surface area contributed by atoms with Crippen molar-refractivity contribution in [2.24, 2.45) is 5.92 Å². The molecule has 1 unspecified atom stereocenters. The largest absolute Gasteiger partial charge is 0.350 e. The summed E-state index contributed by atoms with van der Waals surface area (Å²) in [5.74, 6) is 0.514. The Bertz CT molecular complexity index is 723. The number of halogens is 1. The van der Waals surface area contributed by atoms with Crippen molar-refractivity contribution in [1.29, 1.82) is 0 Å². The van der Waals surface area contributed by atoms with Crippen molar-refractivity contribution < 1.29 is 4.79 Å². The Morgan fingerprint density at radius 1 is 1.24 bits per heavy atom. The van der Waals surface area contributed by atoms with Gasteiger partial charge < -0.3 is 10.6 Å². The fourth-order valence-corrected chi connectivity index (χ4v) is 3.82. The van der Waals surface area contributed by atoms with Crippen LogP contribution in [0.3, 0.4) is 0 Å². The van der Waals surface area contributed by atoms with Crippen LogP contribution in [0.2, 0.25) is 0 Å². The first-order chi connectivity index (χ1) is 11.8. The van der Waals surface area contributed by atoms with Crippen LogP contribution in [0.1, 0.15) is 41.0 Å². The number of fused-ring (bicyclic) bond motifs is 1. The van der Waals surface area contributed by atoms with Crippen LogP contribution < -0.4 is 10.6 Å². The third kappa shape index (κ3) is 3.72. The van der Waals surface area contributed by atoms with E-state index in [1.165, 1.54) is 18.5 Å². The molecule has 2 aromatic rings. The van der Waals surface area contributed by atoms with Gasteiger partial charge in [0.1, 0.15) is 0 Å². The fraction of sp³-hybridized carbons (Fsp3) is 0.474. The first-order valence-corrected chi connectivity index (χ1v) is 8.98. The summed E-state index contributed by atoms with van der Waals surface area (Å²) in [6, 6.07) is 10.1. The molecule has 0 bridgehead atoms. The minimum absolute atomic E-state index is 0. The molecule has 2 aliphatic rings. The first kappa shape index (κ1) is 18.0. The summed E-state index contributed by atoms with van der Waals surface area (Å²) >= 11 is 0. The molecule has 6 heteroatoms. The van der Waals surface area contributed by atoms with Gasteiger partial charge in [-0.15, -0.1) is 12.4 Å². The van der Waals surface area contributed by atoms with Crippen LogP contribution >= 0.6 is 12.4 Å². The van der Waals surface area contributed by atoms with Gasteiger partial charge in [0.2, 0.25) is 0 Å². The molecule has 0 radical (unpaired) electrons. The summed E-state index contributed by atoms with van der Waals surface area (Å²) < 4.78 is 1.96. The monoisotopic (exact) mass is 360 g/mol. The summed E-state index contributed by atoms with van der Waals surface area (Å²) in [6.07, 6.45) is 5.43. The second-order valence-electron chi connectivity index (χ2n) is 6.80. The van der Waals surface area contributed by atoms with Crippen molar-refractivity contribution in [2.75, 3.05) is 19.6 Å². The van der Waals surface area contributed by atoms with Crippen LogP contribution in [0.25, 0.3) is 5.69 Å². The predicted octanol–water partition coefficient (Wildman–Crippen LogP) is 2.51. The second kappa shape index (κ2) is 8.02. The lowest BCUT2D eigenvalue weighted by Gasteiger charge is -2.22. The predicted molar refractivity (Wildman–Crippen MR) is 101 cm³/mol. The number of amides is 1. The Morgan fingerprint density at radius 2 is 2.08 bits per heavy atom. The minimum Gasteiger partial charge on any atom is -0.350 e. The molecule has 1 aromatic carbocycles. The van der Waals surface area contributed by atoms with Gasteiger partial charge in [0.05, 0.1) is 5.69 Å². The summed E-state index contributed by atoms with van der Waals surface area (Å²) in [5, 5.41) is 11.2. The smallest absolute Gasteiger partial charge is 0.272 e. The molecule has 5 nitrogen and oxygen atoms in total. The molecule has 1 aromatic heterocycles. The van der Waals surface area contributed by atoms with Gasteiger partial charge in [-0.1, -0.05) is 18.2 Å². The molecule has 25 heavy (non-hydrogen) atoms. The van der Waals surface area contributed by atoms with E-state index in [1.807, 2.05) is 35.0 Å². The van der Waals surface area contributed by atoms with E-state index in [4.69, 9.17) is 0 Å². The number of rotatable bonds is 4. The summed E-state index contributed by atoms with van der Waals surface area (Å²) in [4.78, 5) is 12.7. The maximum absolute atomic E-state index is 12.7. The fourth-order valence-electron chi connectivity index (χ4n) is 3.82. The number of hydrogen-bond donors (Lipinski definition) is 2. The van der Waals surface area contributed by atoms with Crippen LogP contribution in [-0.2, 0) is 12.8 Å². The highest BCUT2D eigenvalue weighted by molar-refractivity contribution is 5.94. The van der Waals surface area contributed by atoms with E-state index in [0.717, 1.165) is 50.1 Å². The lowest BCUT2D eigenvalue weighted by molar-refractivity contribution is 0.0938. The van der Waals surface area contributed by atoms with E-state index in [2.05, 4.69) is 15.7 Å². The summed E-state index contributed by atoms with van der Waals surface area (Å²) in [7, 11) is 0. The SMILES string of the molecule is Cl.O=C(NCC1CCCNC1)c1nn(-c2ccccc2)c2c1CCC2. The van der Waals surface area contributed by atoms with Crippen LogP contribution in [0.15, 0.2) is 30.3 Å². The molecular weight excluding hydrogens is 336 g/mol. The van der Waals surface area contributed by atoms with E-state index in [0.29, 0.717) is 11.6 Å². The average molecular weight is 361 g/mol. The number of hydrogen-bond acceptors (Lipinski definition) is 3. The van der Waals surface area contributed by atoms with E-state index < -0.39 is 0 Å². The van der Waals surface area contributed by atoms with Crippen molar-refractivity contribution in [3.63, 3.8) is 0 Å². The van der Waals surface area contributed by atoms with E-state index in [-0.39, 0.29) is 18.3 Å². The molecule has 1 fully saturated rings. The Kier molecular flexibility index (Phi) is 5.76. The minimum atomic E-state index is -0.0200. The number of nitrogens with one attached hydrogen (secondary N) is 2. The number of aromatic nitrogens is 2. The van der Waals surface area contributed by atoms with E-state index >= 15 is 0 Å². The molecule has 0 spiro atoms. The quantitative estimate of drug-likeness (QED) is 0.880. The van der Waals surface area contributed by atoms with Crippen LogP contribution in [0, 0.1) is 5.92 Å². The van der Waals surface area contributed by atoms with Crippen molar-refractivity contribution in [3.05, 3.63) is 47.3 Å². The molecule has 4 rings (SSSR count). The molecule has 2 heterocycles. The van der Waals surface area contributed by atoms with Gasteiger partial charge in [-0.3, -0.25) is 4.79 Å². The highest BCUT2D eigenvalue weighted by atomic mass is 35.5. The number of nitrogens with zero attached hydrogens (tertiary/aromatic N) is 2. The van der Waals surface area contributed by atoms with Crippen LogP contribution in [-0.4, -0.2) is 35.3 Å². The van der Waals surface area contributed by atoms with Crippen molar-refractivity contribution >= 4 is 18.3 Å². The standard InChI is InChI=1S/C19H24N4O.ClH/c24-19(21-13-14-6-5-11-20-12-14)18-16-9-4-10-17(16)23(22-18)15-7-2-1-3-8-15;/h1-3,7-8,14,20H,4-6,9-13H2,(H,21,24);1H. The normalized spacial score (nSPS) is 19.1. The average Bonchev–Trinajstić information content (AvgIpc) is 3.24. The molecule has 1 saturated heterocycles. The Labute approximate surface area is 154 Å². The van der Waals surface area contributed by atoms with Gasteiger partial charge in [-0.2, -0.15) is 5.10 Å². The Balaban J connectivity index is 0.00000182. The van der Waals surface area contributed by atoms with E-state index in [1.54, 1.807) is 0 Å². The molecule has 2 N–H and O–H groups in total. The molecule has 1 aliphatic heterocycles. The van der Waals surface area contributed by atoms with Gasteiger partial charge in [0, 0.05) is 17.8 Å². The molecule has 1 amide bonds. The highest BCUT2D eigenvalue weighted by Gasteiger charge is 2.27. The molecule has 1 aliphatic carbocycles. The molecule has 134 valence electrons.